The Labute approximate surface area is 114 Å². The number of rotatable bonds is 4. The topological polar surface area (TPSA) is 115 Å². The first-order chi connectivity index (χ1) is 9.28. The van der Waals surface area contributed by atoms with E-state index in [0.717, 1.165) is 18.2 Å². The summed E-state index contributed by atoms with van der Waals surface area (Å²) in [6.45, 7) is 0.994. The molecule has 0 atom stereocenters. The monoisotopic (exact) mass is 298 g/mol. The maximum Gasteiger partial charge on any atom is 0.270 e. The van der Waals surface area contributed by atoms with Crippen molar-refractivity contribution in [3.8, 4) is 0 Å². The smallest absolute Gasteiger partial charge is 0.270 e. The number of nitrogens with zero attached hydrogens (tertiary/aromatic N) is 2. The quantitative estimate of drug-likeness (QED) is 0.597. The van der Waals surface area contributed by atoms with Crippen LogP contribution in [0.4, 0.5) is 5.69 Å². The van der Waals surface area contributed by atoms with Gasteiger partial charge >= 0.3 is 0 Å². The minimum atomic E-state index is -4.20. The van der Waals surface area contributed by atoms with Gasteiger partial charge in [-0.25, -0.2) is 12.7 Å². The van der Waals surface area contributed by atoms with E-state index in [1.165, 1.54) is 0 Å². The number of sulfonamides is 1. The van der Waals surface area contributed by atoms with E-state index in [1.54, 1.807) is 6.92 Å². The molecule has 0 fully saturated rings. The van der Waals surface area contributed by atoms with Crippen LogP contribution in [-0.4, -0.2) is 35.9 Å². The Morgan fingerprint density at radius 2 is 2.05 bits per heavy atom. The van der Waals surface area contributed by atoms with Crippen LogP contribution in [0.3, 0.4) is 0 Å². The number of benzene rings is 1. The summed E-state index contributed by atoms with van der Waals surface area (Å²) < 4.78 is 24.8. The van der Waals surface area contributed by atoms with Crippen LogP contribution in [0.1, 0.15) is 23.7 Å². The molecule has 0 N–H and O–H groups in total. The zero-order valence-corrected chi connectivity index (χ0v) is 11.2. The number of amides is 1. The van der Waals surface area contributed by atoms with E-state index in [9.17, 15) is 28.1 Å². The van der Waals surface area contributed by atoms with Crippen molar-refractivity contribution in [2.24, 2.45) is 0 Å². The Morgan fingerprint density at radius 1 is 1.40 bits per heavy atom. The molecule has 0 radical (unpaired) electrons. The van der Waals surface area contributed by atoms with Crippen LogP contribution < -0.4 is 0 Å². The highest BCUT2D eigenvalue weighted by atomic mass is 32.2. The number of non-ortho nitro benzene ring substituents is 1. The molecule has 1 aliphatic heterocycles. The van der Waals surface area contributed by atoms with E-state index in [0.29, 0.717) is 4.31 Å². The summed E-state index contributed by atoms with van der Waals surface area (Å²) in [5.74, 6) is -1.25. The number of carbonyl (C=O) groups excluding carboxylic acids is 2. The van der Waals surface area contributed by atoms with E-state index in [4.69, 9.17) is 0 Å². The van der Waals surface area contributed by atoms with Gasteiger partial charge in [-0.15, -0.1) is 0 Å². The van der Waals surface area contributed by atoms with Crippen LogP contribution in [-0.2, 0) is 14.8 Å². The number of Topliss-reactive ketones (excluding diaryl/α,β-unsaturated/α-hetero) is 1. The zero-order chi connectivity index (χ0) is 15.1. The lowest BCUT2D eigenvalue weighted by Crippen LogP contribution is -2.34. The largest absolute Gasteiger partial charge is 0.298 e. The Morgan fingerprint density at radius 3 is 2.60 bits per heavy atom. The molecular weight excluding hydrogens is 288 g/mol. The van der Waals surface area contributed by atoms with E-state index in [2.05, 4.69) is 0 Å². The van der Waals surface area contributed by atoms with Gasteiger partial charge in [0, 0.05) is 18.6 Å². The molecule has 0 unspecified atom stereocenters. The molecule has 0 aliphatic carbocycles. The van der Waals surface area contributed by atoms with Gasteiger partial charge in [-0.2, -0.15) is 0 Å². The summed E-state index contributed by atoms with van der Waals surface area (Å²) in [6.07, 6.45) is 0.0930. The van der Waals surface area contributed by atoms with E-state index >= 15 is 0 Å². The first-order valence-corrected chi connectivity index (χ1v) is 7.10. The predicted octanol–water partition coefficient (Wildman–Crippen LogP) is 0.718. The van der Waals surface area contributed by atoms with E-state index < -0.39 is 43.8 Å². The Hall–Kier alpha value is -2.29. The standard InChI is InChI=1S/C11H10N2O6S/c1-2-8(14)6-12-11(15)9-4-3-7(13(16)17)5-10(9)20(12,18)19/h3-5H,2,6H2,1H3. The van der Waals surface area contributed by atoms with Crippen molar-refractivity contribution in [3.05, 3.63) is 33.9 Å². The molecule has 0 saturated carbocycles. The van der Waals surface area contributed by atoms with Crippen LogP contribution in [0.15, 0.2) is 23.1 Å². The lowest BCUT2D eigenvalue weighted by molar-refractivity contribution is -0.385. The fraction of sp³-hybridized carbons (Fsp3) is 0.273. The number of nitro benzene ring substituents is 1. The molecular formula is C11H10N2O6S. The summed E-state index contributed by atoms with van der Waals surface area (Å²) in [6, 6.07) is 2.97. The van der Waals surface area contributed by atoms with Gasteiger partial charge in [-0.05, 0) is 6.07 Å². The first kappa shape index (κ1) is 14.1. The highest BCUT2D eigenvalue weighted by molar-refractivity contribution is 7.90. The number of fused-ring (bicyclic) bond motifs is 1. The second kappa shape index (κ2) is 4.67. The molecule has 8 nitrogen and oxygen atoms in total. The van der Waals surface area contributed by atoms with Crippen LogP contribution in [0, 0.1) is 10.1 Å². The third kappa shape index (κ3) is 2.05. The minimum absolute atomic E-state index is 0.0930. The Kier molecular flexibility index (Phi) is 3.30. The maximum atomic E-state index is 12.2. The lowest BCUT2D eigenvalue weighted by atomic mass is 10.2. The molecule has 0 aromatic heterocycles. The average molecular weight is 298 g/mol. The van der Waals surface area contributed by atoms with Crippen molar-refractivity contribution in [2.45, 2.75) is 18.2 Å². The normalized spacial score (nSPS) is 16.1. The summed E-state index contributed by atoms with van der Waals surface area (Å²) in [7, 11) is -4.20. The SMILES string of the molecule is CCC(=O)CN1C(=O)c2ccc([N+](=O)[O-])cc2S1(=O)=O. The number of hydrogen-bond donors (Lipinski definition) is 0. The molecule has 0 bridgehead atoms. The van der Waals surface area contributed by atoms with Gasteiger partial charge in [0.15, 0.2) is 5.78 Å². The van der Waals surface area contributed by atoms with Crippen molar-refractivity contribution in [2.75, 3.05) is 6.54 Å². The fourth-order valence-corrected chi connectivity index (χ4v) is 3.38. The molecule has 1 aliphatic rings. The second-order valence-corrected chi connectivity index (χ2v) is 5.98. The van der Waals surface area contributed by atoms with Gasteiger partial charge in [-0.1, -0.05) is 6.92 Å². The number of hydrogen-bond acceptors (Lipinski definition) is 6. The van der Waals surface area contributed by atoms with Gasteiger partial charge in [0.05, 0.1) is 17.0 Å². The van der Waals surface area contributed by atoms with Gasteiger partial charge in [0.25, 0.3) is 21.6 Å². The molecule has 106 valence electrons. The molecule has 1 heterocycles. The van der Waals surface area contributed by atoms with Crippen LogP contribution in [0.25, 0.3) is 0 Å². The van der Waals surface area contributed by atoms with Crippen LogP contribution >= 0.6 is 0 Å². The molecule has 0 spiro atoms. The Bertz CT molecular complexity index is 724. The zero-order valence-electron chi connectivity index (χ0n) is 10.4. The van der Waals surface area contributed by atoms with Crippen molar-refractivity contribution in [1.29, 1.82) is 0 Å². The molecule has 9 heteroatoms. The van der Waals surface area contributed by atoms with Crippen LogP contribution in [0.5, 0.6) is 0 Å². The number of ketones is 1. The van der Waals surface area contributed by atoms with Crippen molar-refractivity contribution >= 4 is 27.4 Å². The summed E-state index contributed by atoms with van der Waals surface area (Å²) in [5.41, 5.74) is -0.580. The summed E-state index contributed by atoms with van der Waals surface area (Å²) in [4.78, 5) is 32.8. The van der Waals surface area contributed by atoms with Crippen LogP contribution in [0.2, 0.25) is 0 Å². The fourth-order valence-electron chi connectivity index (χ4n) is 1.81. The van der Waals surface area contributed by atoms with Gasteiger partial charge < -0.3 is 0 Å². The highest BCUT2D eigenvalue weighted by Gasteiger charge is 2.42. The molecule has 1 aromatic rings. The number of nitro groups is 1. The van der Waals surface area contributed by atoms with Crippen molar-refractivity contribution in [1.82, 2.24) is 4.31 Å². The first-order valence-electron chi connectivity index (χ1n) is 5.66. The van der Waals surface area contributed by atoms with Gasteiger partial charge in [0.2, 0.25) is 0 Å². The molecule has 20 heavy (non-hydrogen) atoms. The maximum absolute atomic E-state index is 12.2. The third-order valence-electron chi connectivity index (χ3n) is 2.92. The lowest BCUT2D eigenvalue weighted by Gasteiger charge is -2.13. The summed E-state index contributed by atoms with van der Waals surface area (Å²) in [5, 5.41) is 10.7. The minimum Gasteiger partial charge on any atom is -0.298 e. The second-order valence-electron chi connectivity index (χ2n) is 4.15. The van der Waals surface area contributed by atoms with Crippen molar-refractivity contribution in [3.63, 3.8) is 0 Å². The highest BCUT2D eigenvalue weighted by Crippen LogP contribution is 2.32. The van der Waals surface area contributed by atoms with E-state index in [1.807, 2.05) is 0 Å². The van der Waals surface area contributed by atoms with Gasteiger partial charge in [0.1, 0.15) is 4.90 Å². The number of carbonyl (C=O) groups is 2. The molecule has 0 saturated heterocycles. The molecule has 1 amide bonds. The predicted molar refractivity (Wildman–Crippen MR) is 66.6 cm³/mol. The summed E-state index contributed by atoms with van der Waals surface area (Å²) >= 11 is 0. The van der Waals surface area contributed by atoms with Crippen molar-refractivity contribution < 1.29 is 22.9 Å². The Balaban J connectivity index is 2.53. The van der Waals surface area contributed by atoms with Gasteiger partial charge in [-0.3, -0.25) is 19.7 Å². The van der Waals surface area contributed by atoms with E-state index in [-0.39, 0.29) is 12.0 Å². The average Bonchev–Trinajstić information content (AvgIpc) is 2.59. The molecule has 2 rings (SSSR count). The third-order valence-corrected chi connectivity index (χ3v) is 4.68. The molecule has 1 aromatic carbocycles.